The Morgan fingerprint density at radius 2 is 1.34 bits per heavy atom. The minimum absolute atomic E-state index is 0.0259. The highest BCUT2D eigenvalue weighted by atomic mass is 16.7. The molecule has 0 saturated carbocycles. The van der Waals surface area contributed by atoms with E-state index in [1.54, 1.807) is 0 Å². The van der Waals surface area contributed by atoms with Crippen LogP contribution in [0.4, 0.5) is 0 Å². The highest BCUT2D eigenvalue weighted by Crippen LogP contribution is 2.40. The Labute approximate surface area is 192 Å². The van der Waals surface area contributed by atoms with Crippen LogP contribution in [0.15, 0.2) is 42.5 Å². The molecule has 0 aromatic heterocycles. The van der Waals surface area contributed by atoms with Crippen molar-refractivity contribution in [1.29, 1.82) is 0 Å². The summed E-state index contributed by atoms with van der Waals surface area (Å²) in [6, 6.07) is 16.3. The third-order valence-electron chi connectivity index (χ3n) is 7.39. The molecule has 0 bridgehead atoms. The third kappa shape index (κ3) is 3.24. The van der Waals surface area contributed by atoms with Crippen molar-refractivity contribution >= 4 is 44.9 Å². The van der Waals surface area contributed by atoms with Gasteiger partial charge >= 0.3 is 7.12 Å². The summed E-state index contributed by atoms with van der Waals surface area (Å²) in [5.74, 6) is 0. The Morgan fingerprint density at radius 1 is 0.781 bits per heavy atom. The zero-order valence-electron chi connectivity index (χ0n) is 21.0. The van der Waals surface area contributed by atoms with Gasteiger partial charge in [0, 0.05) is 0 Å². The molecule has 4 aromatic carbocycles. The maximum Gasteiger partial charge on any atom is 0.495 e. The lowest BCUT2D eigenvalue weighted by atomic mass is 9.66. The van der Waals surface area contributed by atoms with E-state index in [9.17, 15) is 0 Å². The lowest BCUT2D eigenvalue weighted by Gasteiger charge is -2.28. The van der Waals surface area contributed by atoms with E-state index in [4.69, 9.17) is 9.31 Å². The molecule has 1 aliphatic heterocycles. The first-order valence-corrected chi connectivity index (χ1v) is 11.9. The van der Waals surface area contributed by atoms with E-state index < -0.39 is 0 Å². The summed E-state index contributed by atoms with van der Waals surface area (Å²) in [7, 11) is -0.357. The predicted octanol–water partition coefficient (Wildman–Crippen LogP) is 7.09. The van der Waals surface area contributed by atoms with Crippen LogP contribution in [0.5, 0.6) is 0 Å². The van der Waals surface area contributed by atoms with Gasteiger partial charge in [0.2, 0.25) is 0 Å². The Balaban J connectivity index is 1.88. The van der Waals surface area contributed by atoms with E-state index in [0.29, 0.717) is 0 Å². The van der Waals surface area contributed by atoms with Crippen LogP contribution < -0.4 is 5.46 Å². The highest BCUT2D eigenvalue weighted by molar-refractivity contribution is 6.66. The van der Waals surface area contributed by atoms with Crippen molar-refractivity contribution in [3.05, 3.63) is 53.6 Å². The Morgan fingerprint density at radius 3 is 1.84 bits per heavy atom. The molecular formula is C29H35BO2. The van der Waals surface area contributed by atoms with E-state index in [1.807, 2.05) is 0 Å². The van der Waals surface area contributed by atoms with Crippen LogP contribution >= 0.6 is 0 Å². The van der Waals surface area contributed by atoms with Crippen LogP contribution in [0.1, 0.15) is 73.4 Å². The molecule has 1 fully saturated rings. The molecule has 5 rings (SSSR count). The average molecular weight is 426 g/mol. The Bertz CT molecular complexity index is 1320. The summed E-state index contributed by atoms with van der Waals surface area (Å²) in [5, 5.41) is 7.83. The molecule has 3 heteroatoms. The van der Waals surface area contributed by atoms with Gasteiger partial charge in [0.1, 0.15) is 0 Å². The van der Waals surface area contributed by atoms with Crippen LogP contribution in [-0.4, -0.2) is 18.8 Å². The van der Waals surface area contributed by atoms with Gasteiger partial charge in [-0.1, -0.05) is 84.0 Å². The lowest BCUT2D eigenvalue weighted by molar-refractivity contribution is 0.0842. The van der Waals surface area contributed by atoms with Gasteiger partial charge in [-0.3, -0.25) is 0 Å². The first-order valence-electron chi connectivity index (χ1n) is 11.9. The van der Waals surface area contributed by atoms with E-state index >= 15 is 0 Å². The fraction of sp³-hybridized carbons (Fsp3) is 0.448. The maximum atomic E-state index is 6.51. The normalized spacial score (nSPS) is 19.7. The Hall–Kier alpha value is -2.10. The first kappa shape index (κ1) is 21.7. The molecule has 1 heterocycles. The van der Waals surface area contributed by atoms with Gasteiger partial charge in [-0.25, -0.2) is 0 Å². The maximum absolute atomic E-state index is 6.51. The lowest BCUT2D eigenvalue weighted by Crippen LogP contribution is -2.40. The largest absolute Gasteiger partial charge is 0.495 e. The molecule has 32 heavy (non-hydrogen) atoms. The van der Waals surface area contributed by atoms with Crippen LogP contribution in [0, 0.1) is 0 Å². The summed E-state index contributed by atoms with van der Waals surface area (Å²) in [6.07, 6.45) is 0.0354. The zero-order valence-corrected chi connectivity index (χ0v) is 21.0. The molecule has 1 aliphatic rings. The molecular weight excluding hydrogens is 391 g/mol. The first-order chi connectivity index (χ1) is 14.8. The van der Waals surface area contributed by atoms with Gasteiger partial charge in [0.25, 0.3) is 0 Å². The van der Waals surface area contributed by atoms with Gasteiger partial charge in [-0.05, 0) is 80.5 Å². The quantitative estimate of drug-likeness (QED) is 0.239. The predicted molar refractivity (Wildman–Crippen MR) is 139 cm³/mol. The van der Waals surface area contributed by atoms with Gasteiger partial charge in [0.05, 0.1) is 11.7 Å². The van der Waals surface area contributed by atoms with E-state index in [-0.39, 0.29) is 29.7 Å². The zero-order chi connectivity index (χ0) is 23.2. The minimum Gasteiger partial charge on any atom is -0.402 e. The van der Waals surface area contributed by atoms with Crippen LogP contribution in [-0.2, 0) is 20.1 Å². The van der Waals surface area contributed by atoms with E-state index in [0.717, 1.165) is 0 Å². The summed E-state index contributed by atoms with van der Waals surface area (Å²) >= 11 is 0. The number of hydrogen-bond donors (Lipinski definition) is 0. The SMILES string of the molecule is CC1OB(c2c(C(C)(C)C)cc3ccc4cc(C(C)(C)C)cc5ccc2c3c45)OC1(C)C. The number of rotatable bonds is 1. The molecule has 0 radical (unpaired) electrons. The monoisotopic (exact) mass is 426 g/mol. The van der Waals surface area contributed by atoms with E-state index in [2.05, 4.69) is 105 Å². The molecule has 1 atom stereocenters. The van der Waals surface area contributed by atoms with Gasteiger partial charge in [-0.2, -0.15) is 0 Å². The van der Waals surface area contributed by atoms with Gasteiger partial charge in [-0.15, -0.1) is 0 Å². The second kappa shape index (κ2) is 6.71. The van der Waals surface area contributed by atoms with Crippen LogP contribution in [0.25, 0.3) is 32.3 Å². The fourth-order valence-corrected chi connectivity index (χ4v) is 5.10. The van der Waals surface area contributed by atoms with Crippen molar-refractivity contribution in [1.82, 2.24) is 0 Å². The Kier molecular flexibility index (Phi) is 4.56. The minimum atomic E-state index is -0.357. The smallest absolute Gasteiger partial charge is 0.402 e. The van der Waals surface area contributed by atoms with Crippen LogP contribution in [0.3, 0.4) is 0 Å². The topological polar surface area (TPSA) is 18.5 Å². The molecule has 0 spiro atoms. The fourth-order valence-electron chi connectivity index (χ4n) is 5.10. The van der Waals surface area contributed by atoms with Crippen molar-refractivity contribution in [2.24, 2.45) is 0 Å². The van der Waals surface area contributed by atoms with Crippen molar-refractivity contribution in [3.8, 4) is 0 Å². The molecule has 166 valence electrons. The summed E-state index contributed by atoms with van der Waals surface area (Å²) in [4.78, 5) is 0. The van der Waals surface area contributed by atoms with Crippen molar-refractivity contribution in [3.63, 3.8) is 0 Å². The number of benzene rings is 4. The standard InChI is InChI=1S/C29H35BO2/c1-17-29(8,9)32-30(31-17)26-22-13-12-19-15-21(27(2,3)4)14-18-10-11-20(25(22)24(18)19)16-23(26)28(5,6)7/h10-17H,1-9H3. The average Bonchev–Trinajstić information content (AvgIpc) is 2.95. The molecule has 4 aromatic rings. The van der Waals surface area contributed by atoms with Crippen molar-refractivity contribution in [2.45, 2.75) is 84.8 Å². The summed E-state index contributed by atoms with van der Waals surface area (Å²) in [6.45, 7) is 20.0. The second-order valence-electron chi connectivity index (χ2n) is 12.2. The molecule has 1 saturated heterocycles. The van der Waals surface area contributed by atoms with Crippen molar-refractivity contribution in [2.75, 3.05) is 0 Å². The molecule has 1 unspecified atom stereocenters. The highest BCUT2D eigenvalue weighted by Gasteiger charge is 2.46. The third-order valence-corrected chi connectivity index (χ3v) is 7.39. The van der Waals surface area contributed by atoms with E-state index in [1.165, 1.54) is 48.9 Å². The molecule has 0 aliphatic carbocycles. The van der Waals surface area contributed by atoms with Crippen molar-refractivity contribution < 1.29 is 9.31 Å². The molecule has 0 amide bonds. The molecule has 2 nitrogen and oxygen atoms in total. The summed E-state index contributed by atoms with van der Waals surface area (Å²) in [5.41, 5.74) is 3.64. The van der Waals surface area contributed by atoms with Gasteiger partial charge < -0.3 is 9.31 Å². The van der Waals surface area contributed by atoms with Gasteiger partial charge in [0.15, 0.2) is 0 Å². The van der Waals surface area contributed by atoms with Crippen LogP contribution in [0.2, 0.25) is 0 Å². The second-order valence-corrected chi connectivity index (χ2v) is 12.2. The molecule has 0 N–H and O–H groups in total. The number of hydrogen-bond acceptors (Lipinski definition) is 2. The summed E-state index contributed by atoms with van der Waals surface area (Å²) < 4.78 is 12.9.